The summed E-state index contributed by atoms with van der Waals surface area (Å²) in [5.41, 5.74) is 2.17. The molecule has 1 saturated heterocycles. The maximum atomic E-state index is 13.5. The van der Waals surface area contributed by atoms with E-state index >= 15 is 0 Å². The predicted molar refractivity (Wildman–Crippen MR) is 143 cm³/mol. The van der Waals surface area contributed by atoms with Gasteiger partial charge in [0.25, 0.3) is 11.7 Å². The fraction of sp³-hybridized carbons (Fsp3) is 0.241. The van der Waals surface area contributed by atoms with Crippen molar-refractivity contribution >= 4 is 29.1 Å². The van der Waals surface area contributed by atoms with Gasteiger partial charge < -0.3 is 29.0 Å². The molecule has 0 bridgehead atoms. The fourth-order valence-electron chi connectivity index (χ4n) is 4.63. The molecule has 0 spiro atoms. The number of hydrogen-bond donors (Lipinski definition) is 1. The van der Waals surface area contributed by atoms with Gasteiger partial charge in [0, 0.05) is 6.54 Å². The number of methoxy groups -OCH3 is 4. The predicted octanol–water partition coefficient (Wildman–Crippen LogP) is 5.30. The zero-order valence-electron chi connectivity index (χ0n) is 21.7. The Kier molecular flexibility index (Phi) is 7.83. The standard InChI is InChI=1S/C29H28ClNO7/c1-16-11-20(28(38-5)21(30)12-16)26(32)24-25(18-7-6-8-19(14-18)35-2)31(29(34)27(24)33)15-17-9-10-22(36-3)23(13-17)37-4/h6-14,25,32H,15H2,1-5H3/b26-24+. The number of aliphatic hydroxyl groups excluding tert-OH is 1. The van der Waals surface area contributed by atoms with Gasteiger partial charge in [-0.05, 0) is 60.0 Å². The summed E-state index contributed by atoms with van der Waals surface area (Å²) in [5, 5.41) is 11.8. The quantitative estimate of drug-likeness (QED) is 0.236. The summed E-state index contributed by atoms with van der Waals surface area (Å²) in [6, 6.07) is 14.7. The lowest BCUT2D eigenvalue weighted by Gasteiger charge is -2.26. The van der Waals surface area contributed by atoms with Gasteiger partial charge in [0.2, 0.25) is 0 Å². The smallest absolute Gasteiger partial charge is 0.295 e. The Balaban J connectivity index is 1.92. The summed E-state index contributed by atoms with van der Waals surface area (Å²) >= 11 is 6.37. The number of halogens is 1. The second kappa shape index (κ2) is 11.1. The summed E-state index contributed by atoms with van der Waals surface area (Å²) in [6.45, 7) is 1.87. The Labute approximate surface area is 225 Å². The van der Waals surface area contributed by atoms with Crippen LogP contribution in [0.15, 0.2) is 60.2 Å². The molecule has 9 heteroatoms. The van der Waals surface area contributed by atoms with Crippen molar-refractivity contribution in [2.24, 2.45) is 0 Å². The highest BCUT2D eigenvalue weighted by molar-refractivity contribution is 6.46. The number of aliphatic hydroxyl groups is 1. The molecular formula is C29H28ClNO7. The molecule has 4 rings (SSSR count). The van der Waals surface area contributed by atoms with E-state index in [0.717, 1.165) is 5.56 Å². The number of carbonyl (C=O) groups excluding carboxylic acids is 2. The van der Waals surface area contributed by atoms with Crippen LogP contribution < -0.4 is 18.9 Å². The third-order valence-electron chi connectivity index (χ3n) is 6.40. The third-order valence-corrected chi connectivity index (χ3v) is 6.68. The van der Waals surface area contributed by atoms with Gasteiger partial charge >= 0.3 is 0 Å². The van der Waals surface area contributed by atoms with Crippen molar-refractivity contribution < 1.29 is 33.6 Å². The second-order valence-electron chi connectivity index (χ2n) is 8.72. The van der Waals surface area contributed by atoms with Gasteiger partial charge in [0.05, 0.1) is 50.6 Å². The van der Waals surface area contributed by atoms with Gasteiger partial charge in [-0.15, -0.1) is 0 Å². The Hall–Kier alpha value is -4.17. The minimum absolute atomic E-state index is 0.0648. The maximum absolute atomic E-state index is 13.5. The van der Waals surface area contributed by atoms with E-state index in [1.54, 1.807) is 61.5 Å². The molecule has 0 saturated carbocycles. The Bertz CT molecular complexity index is 1430. The first-order chi connectivity index (χ1) is 18.2. The fourth-order valence-corrected chi connectivity index (χ4v) is 4.99. The number of amides is 1. The lowest BCUT2D eigenvalue weighted by Crippen LogP contribution is -2.29. The average molecular weight is 538 g/mol. The molecule has 3 aromatic carbocycles. The van der Waals surface area contributed by atoms with Crippen LogP contribution in [0.25, 0.3) is 5.76 Å². The van der Waals surface area contributed by atoms with Crippen LogP contribution in [0.5, 0.6) is 23.0 Å². The van der Waals surface area contributed by atoms with Crippen LogP contribution in [0.2, 0.25) is 5.02 Å². The van der Waals surface area contributed by atoms with Gasteiger partial charge in [0.1, 0.15) is 17.3 Å². The average Bonchev–Trinajstić information content (AvgIpc) is 3.17. The van der Waals surface area contributed by atoms with E-state index in [4.69, 9.17) is 30.5 Å². The Morgan fingerprint density at radius 3 is 2.32 bits per heavy atom. The van der Waals surface area contributed by atoms with Crippen LogP contribution in [0, 0.1) is 6.92 Å². The van der Waals surface area contributed by atoms with Gasteiger partial charge in [-0.2, -0.15) is 0 Å². The summed E-state index contributed by atoms with van der Waals surface area (Å²) in [5.74, 6) is -0.207. The van der Waals surface area contributed by atoms with E-state index in [9.17, 15) is 14.7 Å². The summed E-state index contributed by atoms with van der Waals surface area (Å²) in [7, 11) is 6.00. The van der Waals surface area contributed by atoms with E-state index in [1.165, 1.54) is 33.3 Å². The molecule has 1 N–H and O–H groups in total. The highest BCUT2D eigenvalue weighted by Crippen LogP contribution is 2.44. The molecule has 1 unspecified atom stereocenters. The molecule has 198 valence electrons. The Morgan fingerprint density at radius 1 is 0.921 bits per heavy atom. The van der Waals surface area contributed by atoms with E-state index in [1.807, 2.05) is 0 Å². The summed E-state index contributed by atoms with van der Waals surface area (Å²) in [4.78, 5) is 28.4. The highest BCUT2D eigenvalue weighted by Gasteiger charge is 2.46. The number of likely N-dealkylation sites (tertiary alicyclic amines) is 1. The Morgan fingerprint density at radius 2 is 1.66 bits per heavy atom. The number of carbonyl (C=O) groups is 2. The van der Waals surface area contributed by atoms with Crippen LogP contribution in [0.1, 0.15) is 28.3 Å². The molecule has 1 amide bonds. The third kappa shape index (κ3) is 4.87. The monoisotopic (exact) mass is 537 g/mol. The summed E-state index contributed by atoms with van der Waals surface area (Å²) < 4.78 is 21.6. The van der Waals surface area contributed by atoms with Crippen LogP contribution in [0.4, 0.5) is 0 Å². The molecule has 8 nitrogen and oxygen atoms in total. The van der Waals surface area contributed by atoms with Crippen molar-refractivity contribution in [3.8, 4) is 23.0 Å². The number of hydrogen-bond acceptors (Lipinski definition) is 7. The molecule has 1 atom stereocenters. The molecule has 1 aliphatic rings. The lowest BCUT2D eigenvalue weighted by atomic mass is 9.94. The van der Waals surface area contributed by atoms with E-state index < -0.39 is 17.7 Å². The number of ether oxygens (including phenoxy) is 4. The number of rotatable bonds is 8. The highest BCUT2D eigenvalue weighted by atomic mass is 35.5. The van der Waals surface area contributed by atoms with Crippen molar-refractivity contribution in [1.29, 1.82) is 0 Å². The van der Waals surface area contributed by atoms with Gasteiger partial charge in [-0.1, -0.05) is 29.8 Å². The number of nitrogens with zero attached hydrogens (tertiary/aromatic N) is 1. The molecule has 38 heavy (non-hydrogen) atoms. The number of ketones is 1. The lowest BCUT2D eigenvalue weighted by molar-refractivity contribution is -0.140. The molecule has 1 heterocycles. The minimum atomic E-state index is -0.915. The SMILES string of the molecule is COc1cccc(C2/C(=C(\O)c3cc(C)cc(Cl)c3OC)C(=O)C(=O)N2Cc2ccc(OC)c(OC)c2)c1. The maximum Gasteiger partial charge on any atom is 0.295 e. The number of aryl methyl sites for hydroxylation is 1. The molecular weight excluding hydrogens is 510 g/mol. The number of Topliss-reactive ketones (excluding diaryl/α,β-unsaturated/α-hetero) is 1. The van der Waals surface area contributed by atoms with E-state index in [0.29, 0.717) is 28.4 Å². The first kappa shape index (κ1) is 26.9. The van der Waals surface area contributed by atoms with Crippen molar-refractivity contribution in [3.05, 3.63) is 87.4 Å². The zero-order chi connectivity index (χ0) is 27.6. The minimum Gasteiger partial charge on any atom is -0.507 e. The molecule has 1 fully saturated rings. The van der Waals surface area contributed by atoms with E-state index in [-0.39, 0.29) is 34.2 Å². The van der Waals surface area contributed by atoms with Crippen molar-refractivity contribution in [3.63, 3.8) is 0 Å². The molecule has 0 radical (unpaired) electrons. The van der Waals surface area contributed by atoms with Crippen molar-refractivity contribution in [2.45, 2.75) is 19.5 Å². The second-order valence-corrected chi connectivity index (χ2v) is 9.13. The zero-order valence-corrected chi connectivity index (χ0v) is 22.5. The van der Waals surface area contributed by atoms with Gasteiger partial charge in [-0.25, -0.2) is 0 Å². The molecule has 0 aromatic heterocycles. The summed E-state index contributed by atoms with van der Waals surface area (Å²) in [6.07, 6.45) is 0. The van der Waals surface area contributed by atoms with Gasteiger partial charge in [-0.3, -0.25) is 9.59 Å². The molecule has 1 aliphatic heterocycles. The number of benzene rings is 3. The normalized spacial score (nSPS) is 16.5. The van der Waals surface area contributed by atoms with Crippen molar-refractivity contribution in [2.75, 3.05) is 28.4 Å². The first-order valence-corrected chi connectivity index (χ1v) is 12.1. The van der Waals surface area contributed by atoms with Gasteiger partial charge in [0.15, 0.2) is 11.5 Å². The van der Waals surface area contributed by atoms with Crippen LogP contribution in [-0.4, -0.2) is 50.1 Å². The molecule has 0 aliphatic carbocycles. The van der Waals surface area contributed by atoms with Crippen LogP contribution in [0.3, 0.4) is 0 Å². The topological polar surface area (TPSA) is 94.5 Å². The first-order valence-electron chi connectivity index (χ1n) is 11.7. The van der Waals surface area contributed by atoms with E-state index in [2.05, 4.69) is 0 Å². The van der Waals surface area contributed by atoms with Crippen LogP contribution in [-0.2, 0) is 16.1 Å². The molecule has 3 aromatic rings. The van der Waals surface area contributed by atoms with Crippen molar-refractivity contribution in [1.82, 2.24) is 4.90 Å². The van der Waals surface area contributed by atoms with Crippen LogP contribution >= 0.6 is 11.6 Å². The largest absolute Gasteiger partial charge is 0.507 e.